The second-order valence-corrected chi connectivity index (χ2v) is 8.06. The molecule has 0 spiro atoms. The summed E-state index contributed by atoms with van der Waals surface area (Å²) in [4.78, 5) is 41.4. The third-order valence-corrected chi connectivity index (χ3v) is 4.49. The van der Waals surface area contributed by atoms with Gasteiger partial charge in [-0.15, -0.1) is 0 Å². The average molecular weight is 420 g/mol. The van der Waals surface area contributed by atoms with Gasteiger partial charge in [-0.2, -0.15) is 0 Å². The lowest BCUT2D eigenvalue weighted by atomic mass is 10.1. The highest BCUT2D eigenvalue weighted by atomic mass is 16.6. The van der Waals surface area contributed by atoms with E-state index in [0.717, 1.165) is 5.56 Å². The number of esters is 2. The lowest BCUT2D eigenvalue weighted by Gasteiger charge is -2.17. The zero-order valence-electron chi connectivity index (χ0n) is 18.1. The summed E-state index contributed by atoms with van der Waals surface area (Å²) in [6.07, 6.45) is 4.35. The number of aromatic nitrogens is 2. The molecule has 0 radical (unpaired) electrons. The van der Waals surface area contributed by atoms with Crippen molar-refractivity contribution in [3.05, 3.63) is 75.8 Å². The summed E-state index contributed by atoms with van der Waals surface area (Å²) in [5.41, 5.74) is 1.99. The molecule has 0 amide bonds. The second-order valence-electron chi connectivity index (χ2n) is 8.06. The highest BCUT2D eigenvalue weighted by Crippen LogP contribution is 2.18. The summed E-state index contributed by atoms with van der Waals surface area (Å²) in [7, 11) is 1.30. The molecule has 1 heterocycles. The molecule has 0 aliphatic heterocycles. The smallest absolute Gasteiger partial charge is 0.337 e. The highest BCUT2D eigenvalue weighted by molar-refractivity contribution is 5.90. The van der Waals surface area contributed by atoms with Crippen LogP contribution in [0.25, 0.3) is 22.7 Å². The van der Waals surface area contributed by atoms with Gasteiger partial charge in [-0.05, 0) is 69.2 Å². The summed E-state index contributed by atoms with van der Waals surface area (Å²) < 4.78 is 11.4. The van der Waals surface area contributed by atoms with Gasteiger partial charge in [-0.25, -0.2) is 14.6 Å². The molecule has 3 rings (SSSR count). The van der Waals surface area contributed by atoms with Crippen molar-refractivity contribution in [2.24, 2.45) is 0 Å². The number of nitrogens with zero attached hydrogens (tertiary/aromatic N) is 2. The van der Waals surface area contributed by atoms with E-state index in [-0.39, 0.29) is 5.56 Å². The highest BCUT2D eigenvalue weighted by Gasteiger charge is 2.14. The fraction of sp³-hybridized carbons (Fsp3) is 0.250. The maximum atomic E-state index is 13.2. The van der Waals surface area contributed by atoms with Gasteiger partial charge in [0, 0.05) is 6.08 Å². The van der Waals surface area contributed by atoms with E-state index < -0.39 is 17.5 Å². The largest absolute Gasteiger partial charge is 0.465 e. The number of ether oxygens (including phenoxy) is 2. The van der Waals surface area contributed by atoms with E-state index in [9.17, 15) is 14.4 Å². The van der Waals surface area contributed by atoms with Crippen LogP contribution >= 0.6 is 0 Å². The van der Waals surface area contributed by atoms with E-state index in [0.29, 0.717) is 27.7 Å². The summed E-state index contributed by atoms with van der Waals surface area (Å²) >= 11 is 0. The number of hydrogen-bond acceptors (Lipinski definition) is 6. The quantitative estimate of drug-likeness (QED) is 0.471. The van der Waals surface area contributed by atoms with Gasteiger partial charge >= 0.3 is 11.9 Å². The van der Waals surface area contributed by atoms with Gasteiger partial charge in [-0.1, -0.05) is 12.1 Å². The Hall–Kier alpha value is -3.74. The number of hydrogen-bond donors (Lipinski definition) is 0. The number of aryl methyl sites for hydroxylation is 1. The summed E-state index contributed by atoms with van der Waals surface area (Å²) in [6.45, 7) is 7.22. The van der Waals surface area contributed by atoms with Crippen molar-refractivity contribution in [1.29, 1.82) is 0 Å². The van der Waals surface area contributed by atoms with Crippen molar-refractivity contribution < 1.29 is 19.1 Å². The van der Waals surface area contributed by atoms with Crippen LogP contribution in [0.15, 0.2) is 53.6 Å². The van der Waals surface area contributed by atoms with Crippen LogP contribution in [0.2, 0.25) is 0 Å². The van der Waals surface area contributed by atoms with Gasteiger partial charge in [0.05, 0.1) is 29.3 Å². The Labute approximate surface area is 179 Å². The van der Waals surface area contributed by atoms with Gasteiger partial charge in [-0.3, -0.25) is 9.36 Å². The molecule has 0 fully saturated rings. The van der Waals surface area contributed by atoms with Crippen molar-refractivity contribution in [1.82, 2.24) is 9.55 Å². The molecule has 1 aromatic heterocycles. The number of methoxy groups -OCH3 is 1. The van der Waals surface area contributed by atoms with Gasteiger partial charge in [0.2, 0.25) is 0 Å². The topological polar surface area (TPSA) is 87.5 Å². The van der Waals surface area contributed by atoms with Crippen molar-refractivity contribution in [2.75, 3.05) is 7.11 Å². The van der Waals surface area contributed by atoms with Gasteiger partial charge in [0.15, 0.2) is 0 Å². The first-order valence-electron chi connectivity index (χ1n) is 9.71. The lowest BCUT2D eigenvalue weighted by molar-refractivity contribution is -0.148. The molecule has 0 bridgehead atoms. The van der Waals surface area contributed by atoms with E-state index in [4.69, 9.17) is 9.47 Å². The van der Waals surface area contributed by atoms with Crippen LogP contribution in [0.4, 0.5) is 0 Å². The Bertz CT molecular complexity index is 1250. The molecule has 3 aromatic rings. The van der Waals surface area contributed by atoms with E-state index in [1.807, 2.05) is 6.92 Å². The zero-order chi connectivity index (χ0) is 22.8. The maximum absolute atomic E-state index is 13.2. The molecular weight excluding hydrogens is 396 g/mol. The minimum absolute atomic E-state index is 0.289. The standard InChI is InChI=1S/C24H24N2O5/c1-15-6-9-17(23(29)30-5)13-20(15)26-14-25-19-10-7-16(12-18(19)22(26)28)8-11-21(27)31-24(2,3)4/h6-14H,1-5H3/b11-8+. The van der Waals surface area contributed by atoms with Crippen LogP contribution < -0.4 is 5.56 Å². The molecule has 0 atom stereocenters. The van der Waals surface area contributed by atoms with Crippen LogP contribution in [0.5, 0.6) is 0 Å². The fourth-order valence-corrected chi connectivity index (χ4v) is 3.03. The maximum Gasteiger partial charge on any atom is 0.337 e. The predicted molar refractivity (Wildman–Crippen MR) is 118 cm³/mol. The number of fused-ring (bicyclic) bond motifs is 1. The number of rotatable bonds is 4. The van der Waals surface area contributed by atoms with E-state index >= 15 is 0 Å². The normalized spacial score (nSPS) is 11.6. The van der Waals surface area contributed by atoms with Crippen LogP contribution in [0, 0.1) is 6.92 Å². The monoisotopic (exact) mass is 420 g/mol. The molecule has 7 heteroatoms. The molecule has 160 valence electrons. The fourth-order valence-electron chi connectivity index (χ4n) is 3.03. The zero-order valence-corrected chi connectivity index (χ0v) is 18.1. The Morgan fingerprint density at radius 2 is 1.84 bits per heavy atom. The first-order chi connectivity index (χ1) is 14.6. The van der Waals surface area contributed by atoms with Crippen molar-refractivity contribution >= 4 is 28.9 Å². The Kier molecular flexibility index (Phi) is 6.06. The van der Waals surface area contributed by atoms with Crippen molar-refractivity contribution in [3.8, 4) is 5.69 Å². The third kappa shape index (κ3) is 5.06. The summed E-state index contributed by atoms with van der Waals surface area (Å²) in [5.74, 6) is -0.955. The number of benzene rings is 2. The number of carbonyl (C=O) groups is 2. The molecule has 0 aliphatic carbocycles. The Balaban J connectivity index is 2.04. The van der Waals surface area contributed by atoms with E-state index in [1.54, 1.807) is 63.2 Å². The van der Waals surface area contributed by atoms with Crippen LogP contribution in [0.1, 0.15) is 42.3 Å². The van der Waals surface area contributed by atoms with Gasteiger partial charge in [0.25, 0.3) is 5.56 Å². The minimum Gasteiger partial charge on any atom is -0.465 e. The van der Waals surface area contributed by atoms with Crippen LogP contribution in [0.3, 0.4) is 0 Å². The second kappa shape index (κ2) is 8.55. The third-order valence-electron chi connectivity index (χ3n) is 4.49. The lowest BCUT2D eigenvalue weighted by Crippen LogP contribution is -2.22. The molecule has 31 heavy (non-hydrogen) atoms. The number of carbonyl (C=O) groups excluding carboxylic acids is 2. The average Bonchev–Trinajstić information content (AvgIpc) is 2.71. The van der Waals surface area contributed by atoms with Crippen molar-refractivity contribution in [3.63, 3.8) is 0 Å². The van der Waals surface area contributed by atoms with E-state index in [1.165, 1.54) is 24.1 Å². The van der Waals surface area contributed by atoms with Gasteiger partial charge < -0.3 is 9.47 Å². The predicted octanol–water partition coefficient (Wildman–Crippen LogP) is 3.84. The molecule has 7 nitrogen and oxygen atoms in total. The van der Waals surface area contributed by atoms with E-state index in [2.05, 4.69) is 4.98 Å². The molecule has 0 saturated carbocycles. The van der Waals surface area contributed by atoms with Crippen LogP contribution in [-0.4, -0.2) is 34.2 Å². The molecule has 0 unspecified atom stereocenters. The molecule has 0 aliphatic rings. The molecule has 0 N–H and O–H groups in total. The Morgan fingerprint density at radius 1 is 1.10 bits per heavy atom. The molecule has 0 saturated heterocycles. The Morgan fingerprint density at radius 3 is 2.52 bits per heavy atom. The van der Waals surface area contributed by atoms with Crippen molar-refractivity contribution in [2.45, 2.75) is 33.3 Å². The first-order valence-corrected chi connectivity index (χ1v) is 9.71. The first kappa shape index (κ1) is 22.0. The molecular formula is C24H24N2O5. The molecule has 2 aromatic carbocycles. The summed E-state index contributed by atoms with van der Waals surface area (Å²) in [5, 5.41) is 0.386. The SMILES string of the molecule is COC(=O)c1ccc(C)c(-n2cnc3ccc(/C=C/C(=O)OC(C)(C)C)cc3c2=O)c1. The minimum atomic E-state index is -0.584. The van der Waals surface area contributed by atoms with Crippen LogP contribution in [-0.2, 0) is 14.3 Å². The summed E-state index contributed by atoms with van der Waals surface area (Å²) in [6, 6.07) is 10.1. The van der Waals surface area contributed by atoms with Gasteiger partial charge in [0.1, 0.15) is 11.9 Å².